The van der Waals surface area contributed by atoms with Gasteiger partial charge in [0.05, 0.1) is 0 Å². The number of nitrogens with zero attached hydrogens (tertiary/aromatic N) is 4. The maximum absolute atomic E-state index is 13.8. The lowest BCUT2D eigenvalue weighted by Crippen LogP contribution is -2.50. The van der Waals surface area contributed by atoms with Crippen molar-refractivity contribution in [1.82, 2.24) is 19.7 Å². The molecule has 5 rings (SSSR count). The van der Waals surface area contributed by atoms with Gasteiger partial charge in [-0.2, -0.15) is 0 Å². The molecule has 3 amide bonds. The molecule has 2 aromatic rings. The number of rotatable bonds is 4. The van der Waals surface area contributed by atoms with Crippen LogP contribution in [0.4, 0.5) is 18.4 Å². The minimum absolute atomic E-state index is 0. The molecule has 3 saturated heterocycles. The summed E-state index contributed by atoms with van der Waals surface area (Å²) in [7, 11) is 0. The highest BCUT2D eigenvalue weighted by Crippen LogP contribution is 2.32. The van der Waals surface area contributed by atoms with Gasteiger partial charge in [0.15, 0.2) is 11.6 Å². The number of imide groups is 1. The largest absolute Gasteiger partial charge is 0.446 e. The molecule has 1 aromatic carbocycles. The number of carbonyl (C=O) groups is 2. The van der Waals surface area contributed by atoms with Crippen molar-refractivity contribution in [3.8, 4) is 0 Å². The summed E-state index contributed by atoms with van der Waals surface area (Å²) < 4.78 is 32.3. The molecule has 0 spiro atoms. The molecule has 0 bridgehead atoms. The molecule has 3 fully saturated rings. The van der Waals surface area contributed by atoms with Crippen molar-refractivity contribution in [2.45, 2.75) is 37.6 Å². The fourth-order valence-electron chi connectivity index (χ4n) is 5.53. The number of piperidine rings is 2. The van der Waals surface area contributed by atoms with E-state index in [4.69, 9.17) is 4.74 Å². The molecule has 3 aliphatic rings. The molecule has 0 saturated carbocycles. The van der Waals surface area contributed by atoms with Gasteiger partial charge in [-0.3, -0.25) is 4.98 Å². The fourth-order valence-corrected chi connectivity index (χ4v) is 5.53. The van der Waals surface area contributed by atoms with E-state index in [9.17, 15) is 18.4 Å². The number of hydrogen-bond donors (Lipinski definition) is 0. The van der Waals surface area contributed by atoms with Gasteiger partial charge >= 0.3 is 12.1 Å². The molecule has 0 aliphatic carbocycles. The van der Waals surface area contributed by atoms with Crippen LogP contribution in [-0.4, -0.2) is 71.1 Å². The average Bonchev–Trinajstić information content (AvgIpc) is 3.27. The van der Waals surface area contributed by atoms with Crippen LogP contribution in [0, 0.1) is 17.6 Å². The molecular formula is C26H31ClF2N4O3. The predicted octanol–water partition coefficient (Wildman–Crippen LogP) is 4.99. The second-order valence-electron chi connectivity index (χ2n) is 9.70. The Kier molecular flexibility index (Phi) is 8.41. The Morgan fingerprint density at radius 2 is 1.86 bits per heavy atom. The maximum atomic E-state index is 13.8. The van der Waals surface area contributed by atoms with Crippen LogP contribution in [0.2, 0.25) is 0 Å². The third-order valence-electron chi connectivity index (χ3n) is 7.41. The van der Waals surface area contributed by atoms with Crippen LogP contribution in [-0.2, 0) is 4.74 Å². The van der Waals surface area contributed by atoms with Gasteiger partial charge in [0, 0.05) is 37.4 Å². The Morgan fingerprint density at radius 1 is 1.06 bits per heavy atom. The van der Waals surface area contributed by atoms with Crippen molar-refractivity contribution in [2.75, 3.05) is 39.3 Å². The van der Waals surface area contributed by atoms with Crippen molar-refractivity contribution in [3.05, 3.63) is 65.5 Å². The lowest BCUT2D eigenvalue weighted by Gasteiger charge is -2.39. The number of urea groups is 1. The van der Waals surface area contributed by atoms with Crippen molar-refractivity contribution in [2.24, 2.45) is 5.92 Å². The number of carbonyl (C=O) groups excluding carboxylic acids is 2. The highest BCUT2D eigenvalue weighted by Gasteiger charge is 2.42. The monoisotopic (exact) mass is 520 g/mol. The van der Waals surface area contributed by atoms with Crippen LogP contribution in [0.5, 0.6) is 0 Å². The van der Waals surface area contributed by atoms with Gasteiger partial charge < -0.3 is 14.5 Å². The molecule has 7 nitrogen and oxygen atoms in total. The van der Waals surface area contributed by atoms with Gasteiger partial charge in [-0.05, 0) is 74.5 Å². The van der Waals surface area contributed by atoms with Crippen molar-refractivity contribution in [1.29, 1.82) is 0 Å². The summed E-state index contributed by atoms with van der Waals surface area (Å²) in [5.74, 6) is -1.18. The summed E-state index contributed by atoms with van der Waals surface area (Å²) in [6.45, 7) is 3.97. The van der Waals surface area contributed by atoms with Crippen molar-refractivity contribution >= 4 is 24.5 Å². The number of amides is 3. The van der Waals surface area contributed by atoms with E-state index in [1.54, 1.807) is 4.90 Å². The number of ether oxygens (including phenoxy) is 1. The summed E-state index contributed by atoms with van der Waals surface area (Å²) in [6, 6.07) is 8.30. The van der Waals surface area contributed by atoms with Crippen LogP contribution >= 0.6 is 12.4 Å². The highest BCUT2D eigenvalue weighted by atomic mass is 35.5. The second-order valence-corrected chi connectivity index (χ2v) is 9.70. The van der Waals surface area contributed by atoms with Gasteiger partial charge in [-0.15, -0.1) is 12.4 Å². The second kappa shape index (κ2) is 11.5. The molecule has 36 heavy (non-hydrogen) atoms. The first-order chi connectivity index (χ1) is 17.0. The Balaban J connectivity index is 0.00000304. The summed E-state index contributed by atoms with van der Waals surface area (Å²) in [5.41, 5.74) is 1.50. The van der Waals surface area contributed by atoms with Gasteiger partial charge in [-0.25, -0.2) is 23.3 Å². The number of likely N-dealkylation sites (tertiary alicyclic amines) is 2. The van der Waals surface area contributed by atoms with Gasteiger partial charge in [-0.1, -0.05) is 12.1 Å². The van der Waals surface area contributed by atoms with Crippen LogP contribution < -0.4 is 0 Å². The van der Waals surface area contributed by atoms with E-state index in [1.807, 2.05) is 18.3 Å². The third kappa shape index (κ3) is 5.62. The lowest BCUT2D eigenvalue weighted by atomic mass is 9.91. The number of hydrogen-bond acceptors (Lipinski definition) is 5. The Hall–Kier alpha value is -2.78. The SMILES string of the molecule is Cl.O=C1OCC(c2ccc(F)c(F)c2)N1C(=O)N1CCCC(CN2CCC(c3ccccn3)CC2)C1. The molecule has 4 heterocycles. The number of cyclic esters (lactones) is 1. The normalized spacial score (nSPS) is 23.3. The van der Waals surface area contributed by atoms with Gasteiger partial charge in [0.1, 0.15) is 12.6 Å². The Bertz CT molecular complexity index is 1070. The van der Waals surface area contributed by atoms with E-state index in [0.29, 0.717) is 30.5 Å². The zero-order valence-electron chi connectivity index (χ0n) is 20.0. The molecule has 2 atom stereocenters. The zero-order chi connectivity index (χ0) is 24.4. The number of aromatic nitrogens is 1. The van der Waals surface area contributed by atoms with E-state index in [0.717, 1.165) is 68.0 Å². The molecule has 2 unspecified atom stereocenters. The predicted molar refractivity (Wildman–Crippen MR) is 132 cm³/mol. The Labute approximate surface area is 215 Å². The van der Waals surface area contributed by atoms with E-state index in [-0.39, 0.29) is 19.0 Å². The van der Waals surface area contributed by atoms with Crippen molar-refractivity contribution < 1.29 is 23.1 Å². The fraction of sp³-hybridized carbons (Fsp3) is 0.500. The van der Waals surface area contributed by atoms with E-state index in [2.05, 4.69) is 16.0 Å². The molecule has 0 N–H and O–H groups in total. The van der Waals surface area contributed by atoms with Crippen LogP contribution in [0.25, 0.3) is 0 Å². The van der Waals surface area contributed by atoms with Crippen molar-refractivity contribution in [3.63, 3.8) is 0 Å². The minimum atomic E-state index is -1.01. The van der Waals surface area contributed by atoms with Gasteiger partial charge in [0.2, 0.25) is 0 Å². The van der Waals surface area contributed by atoms with Gasteiger partial charge in [0.25, 0.3) is 0 Å². The van der Waals surface area contributed by atoms with Crippen LogP contribution in [0.15, 0.2) is 42.6 Å². The highest BCUT2D eigenvalue weighted by molar-refractivity contribution is 5.92. The summed E-state index contributed by atoms with van der Waals surface area (Å²) in [6.07, 6.45) is 5.14. The van der Waals surface area contributed by atoms with E-state index in [1.165, 1.54) is 6.07 Å². The Morgan fingerprint density at radius 3 is 2.58 bits per heavy atom. The molecule has 3 aliphatic heterocycles. The topological polar surface area (TPSA) is 66.0 Å². The van der Waals surface area contributed by atoms with Crippen LogP contribution in [0.3, 0.4) is 0 Å². The number of pyridine rings is 1. The maximum Gasteiger partial charge on any atom is 0.418 e. The summed E-state index contributed by atoms with van der Waals surface area (Å²) >= 11 is 0. The smallest absolute Gasteiger partial charge is 0.418 e. The van der Waals surface area contributed by atoms with Crippen LogP contribution in [0.1, 0.15) is 48.9 Å². The minimum Gasteiger partial charge on any atom is -0.446 e. The molecular weight excluding hydrogens is 490 g/mol. The summed E-state index contributed by atoms with van der Waals surface area (Å²) in [5, 5.41) is 0. The molecule has 194 valence electrons. The first kappa shape index (κ1) is 26.3. The van der Waals surface area contributed by atoms with E-state index >= 15 is 0 Å². The number of benzene rings is 1. The molecule has 10 heteroatoms. The quantitative estimate of drug-likeness (QED) is 0.568. The zero-order valence-corrected chi connectivity index (χ0v) is 20.8. The molecule has 1 aromatic heterocycles. The number of halogens is 3. The lowest BCUT2D eigenvalue weighted by molar-refractivity contribution is 0.106. The summed E-state index contributed by atoms with van der Waals surface area (Å²) in [4.78, 5) is 35.5. The first-order valence-electron chi connectivity index (χ1n) is 12.3. The third-order valence-corrected chi connectivity index (χ3v) is 7.41. The first-order valence-corrected chi connectivity index (χ1v) is 12.3. The average molecular weight is 521 g/mol. The standard InChI is InChI=1S/C26H30F2N4O3.ClH/c27-21-7-6-20(14-22(21)28)24-17-35-26(34)32(24)25(33)31-11-3-4-18(16-31)15-30-12-8-19(9-13-30)23-5-1-2-10-29-23;/h1-2,5-7,10,14,18-19,24H,3-4,8-9,11-13,15-17H2;1H. The van der Waals surface area contributed by atoms with E-state index < -0.39 is 29.8 Å². The molecule has 0 radical (unpaired) electrons.